The Balaban J connectivity index is 4.63. The Morgan fingerprint density at radius 3 is 1.28 bits per heavy atom. The summed E-state index contributed by atoms with van der Waals surface area (Å²) < 4.78 is 5.94. The second kappa shape index (κ2) is 54.5. The third-order valence-electron chi connectivity index (χ3n) is 13.1. The summed E-state index contributed by atoms with van der Waals surface area (Å²) in [5.41, 5.74) is 0. The number of carbonyl (C=O) groups excluding carboxylic acids is 2. The van der Waals surface area contributed by atoms with Gasteiger partial charge in [0.25, 0.3) is 0 Å². The topological polar surface area (TPSA) is 95.9 Å². The summed E-state index contributed by atoms with van der Waals surface area (Å²) in [4.78, 5) is 26.3. The molecular formula is C61H111NO5. The van der Waals surface area contributed by atoms with Gasteiger partial charge in [0, 0.05) is 6.42 Å². The zero-order valence-corrected chi connectivity index (χ0v) is 44.5. The largest absolute Gasteiger partial charge is 0.462 e. The van der Waals surface area contributed by atoms with Crippen LogP contribution in [0.1, 0.15) is 290 Å². The molecule has 0 aliphatic rings. The fourth-order valence-electron chi connectivity index (χ4n) is 8.66. The molecule has 67 heavy (non-hydrogen) atoms. The fraction of sp³-hybridized carbons (Fsp3) is 0.803. The molecule has 1 amide bonds. The minimum Gasteiger partial charge on any atom is -0.462 e. The van der Waals surface area contributed by atoms with Crippen LogP contribution < -0.4 is 5.32 Å². The number of amides is 1. The van der Waals surface area contributed by atoms with Crippen LogP contribution >= 0.6 is 0 Å². The van der Waals surface area contributed by atoms with Gasteiger partial charge >= 0.3 is 5.97 Å². The first kappa shape index (κ1) is 64.6. The lowest BCUT2D eigenvalue weighted by Gasteiger charge is -2.24. The van der Waals surface area contributed by atoms with E-state index < -0.39 is 18.2 Å². The van der Waals surface area contributed by atoms with Crippen LogP contribution in [-0.2, 0) is 14.3 Å². The average Bonchev–Trinajstić information content (AvgIpc) is 3.32. The van der Waals surface area contributed by atoms with Crippen molar-refractivity contribution in [2.45, 2.75) is 309 Å². The van der Waals surface area contributed by atoms with Crippen LogP contribution in [0.25, 0.3) is 0 Å². The molecule has 390 valence electrons. The molecule has 3 unspecified atom stereocenters. The summed E-state index contributed by atoms with van der Waals surface area (Å²) in [5.74, 6) is -0.522. The average molecular weight is 939 g/mol. The van der Waals surface area contributed by atoms with E-state index in [1.54, 1.807) is 0 Å². The number of hydrogen-bond acceptors (Lipinski definition) is 5. The number of unbranched alkanes of at least 4 members (excludes halogenated alkanes) is 31. The summed E-state index contributed by atoms with van der Waals surface area (Å²) in [6, 6.07) is -0.719. The number of rotatable bonds is 52. The van der Waals surface area contributed by atoms with Crippen molar-refractivity contribution in [3.63, 3.8) is 0 Å². The predicted molar refractivity (Wildman–Crippen MR) is 292 cm³/mol. The number of allylic oxidation sites excluding steroid dienone is 10. The van der Waals surface area contributed by atoms with E-state index in [0.29, 0.717) is 19.3 Å². The monoisotopic (exact) mass is 938 g/mol. The zero-order valence-electron chi connectivity index (χ0n) is 44.5. The molecule has 3 N–H and O–H groups in total. The highest BCUT2D eigenvalue weighted by atomic mass is 16.5. The first-order valence-corrected chi connectivity index (χ1v) is 29.0. The lowest BCUT2D eigenvalue weighted by atomic mass is 10.0. The second-order valence-electron chi connectivity index (χ2n) is 19.7. The van der Waals surface area contributed by atoms with E-state index in [1.807, 2.05) is 0 Å². The summed E-state index contributed by atoms with van der Waals surface area (Å²) in [5, 5.41) is 23.9. The molecule has 0 aromatic heterocycles. The lowest BCUT2D eigenvalue weighted by Crippen LogP contribution is -2.46. The van der Waals surface area contributed by atoms with Gasteiger partial charge in [0.2, 0.25) is 5.91 Å². The quantitative estimate of drug-likeness (QED) is 0.0244. The highest BCUT2D eigenvalue weighted by Gasteiger charge is 2.24. The van der Waals surface area contributed by atoms with Crippen LogP contribution in [0, 0.1) is 0 Å². The summed E-state index contributed by atoms with van der Waals surface area (Å²) in [6.45, 7) is 6.46. The number of esters is 1. The van der Waals surface area contributed by atoms with Gasteiger partial charge in [-0.25, -0.2) is 0 Å². The molecule has 0 bridgehead atoms. The summed E-state index contributed by atoms with van der Waals surface area (Å²) in [7, 11) is 0. The Kier molecular flexibility index (Phi) is 52.5. The number of hydrogen-bond donors (Lipinski definition) is 3. The number of aliphatic hydroxyl groups is 2. The van der Waals surface area contributed by atoms with Gasteiger partial charge < -0.3 is 20.3 Å². The summed E-state index contributed by atoms with van der Waals surface area (Å²) >= 11 is 0. The molecule has 3 atom stereocenters. The lowest BCUT2D eigenvalue weighted by molar-refractivity contribution is -0.151. The van der Waals surface area contributed by atoms with Gasteiger partial charge in [0.15, 0.2) is 0 Å². The number of aliphatic hydroxyl groups excluding tert-OH is 2. The van der Waals surface area contributed by atoms with E-state index in [2.05, 4.69) is 86.8 Å². The van der Waals surface area contributed by atoms with Crippen molar-refractivity contribution in [2.75, 3.05) is 6.61 Å². The van der Waals surface area contributed by atoms with E-state index in [1.165, 1.54) is 154 Å². The van der Waals surface area contributed by atoms with Gasteiger partial charge in [0.1, 0.15) is 6.10 Å². The first-order valence-electron chi connectivity index (χ1n) is 29.0. The molecule has 0 aromatic carbocycles. The first-order chi connectivity index (χ1) is 33.0. The number of carbonyl (C=O) groups is 2. The number of ether oxygens (including phenoxy) is 1. The zero-order chi connectivity index (χ0) is 48.8. The molecule has 6 nitrogen and oxygen atoms in total. The maximum absolute atomic E-state index is 13.3. The Bertz CT molecular complexity index is 1190. The standard InChI is InChI=1S/C61H111NO5/c1-4-7-10-13-16-19-22-25-28-29-30-33-36-39-42-45-48-51-54-61(66)67-57(52-49-46-43-40-37-34-31-26-23-20-17-14-11-8-5-2)55-60(65)62-58(56-63)59(64)53-50-47-44-41-38-35-32-27-24-21-18-15-12-9-6-3/h17,20,26,28-31,33,37,40,57-59,63-64H,4-16,18-19,21-25,27,32,34-36,38-39,41-56H2,1-3H3,(H,62,65)/b20-17-,29-28+,31-26-,33-30+,40-37-. The van der Waals surface area contributed by atoms with Crippen molar-refractivity contribution in [2.24, 2.45) is 0 Å². The third-order valence-corrected chi connectivity index (χ3v) is 13.1. The predicted octanol–water partition coefficient (Wildman–Crippen LogP) is 18.0. The van der Waals surface area contributed by atoms with Crippen molar-refractivity contribution in [1.82, 2.24) is 5.32 Å². The Labute approximate surface area is 416 Å². The second-order valence-corrected chi connectivity index (χ2v) is 19.7. The maximum atomic E-state index is 13.3. The number of nitrogens with one attached hydrogen (secondary N) is 1. The molecule has 0 radical (unpaired) electrons. The van der Waals surface area contributed by atoms with E-state index in [4.69, 9.17) is 4.74 Å². The fourth-order valence-corrected chi connectivity index (χ4v) is 8.66. The van der Waals surface area contributed by atoms with Crippen molar-refractivity contribution < 1.29 is 24.5 Å². The van der Waals surface area contributed by atoms with Gasteiger partial charge in [-0.05, 0) is 89.9 Å². The van der Waals surface area contributed by atoms with Crippen molar-refractivity contribution in [1.29, 1.82) is 0 Å². The Morgan fingerprint density at radius 2 is 0.806 bits per heavy atom. The molecule has 0 heterocycles. The molecule has 0 spiro atoms. The molecule has 6 heteroatoms. The molecule has 0 saturated carbocycles. The van der Waals surface area contributed by atoms with Crippen LogP contribution in [0.15, 0.2) is 60.8 Å². The maximum Gasteiger partial charge on any atom is 0.306 e. The van der Waals surface area contributed by atoms with Crippen LogP contribution in [0.5, 0.6) is 0 Å². The van der Waals surface area contributed by atoms with E-state index >= 15 is 0 Å². The molecule has 0 fully saturated rings. The Hall–Kier alpha value is -2.44. The van der Waals surface area contributed by atoms with Crippen molar-refractivity contribution in [3.05, 3.63) is 60.8 Å². The van der Waals surface area contributed by atoms with Gasteiger partial charge in [0.05, 0.1) is 25.2 Å². The van der Waals surface area contributed by atoms with Crippen LogP contribution in [0.2, 0.25) is 0 Å². The smallest absolute Gasteiger partial charge is 0.306 e. The molecule has 0 aliphatic carbocycles. The van der Waals surface area contributed by atoms with E-state index in [9.17, 15) is 19.8 Å². The molecular weight excluding hydrogens is 827 g/mol. The normalized spacial score (nSPS) is 13.6. The SMILES string of the molecule is CCCCC/C=C\C/C=C\C/C=C\CCCCC(CC(=O)NC(CO)C(O)CCCCCCCCCCCCCCCCC)OC(=O)CCCCCCC/C=C/C=C/CCCCCCCCC. The van der Waals surface area contributed by atoms with E-state index in [-0.39, 0.29) is 24.9 Å². The molecule has 0 rings (SSSR count). The van der Waals surface area contributed by atoms with Gasteiger partial charge in [-0.15, -0.1) is 0 Å². The van der Waals surface area contributed by atoms with Crippen molar-refractivity contribution >= 4 is 11.9 Å². The van der Waals surface area contributed by atoms with Crippen LogP contribution in [0.3, 0.4) is 0 Å². The molecule has 0 saturated heterocycles. The van der Waals surface area contributed by atoms with Crippen LogP contribution in [-0.4, -0.2) is 46.9 Å². The van der Waals surface area contributed by atoms with Gasteiger partial charge in [-0.2, -0.15) is 0 Å². The Morgan fingerprint density at radius 1 is 0.448 bits per heavy atom. The highest BCUT2D eigenvalue weighted by molar-refractivity contribution is 5.77. The minimum absolute atomic E-state index is 0.0451. The van der Waals surface area contributed by atoms with E-state index in [0.717, 1.165) is 89.9 Å². The molecule has 0 aliphatic heterocycles. The summed E-state index contributed by atoms with van der Waals surface area (Å²) in [6.07, 6.45) is 68.5. The minimum atomic E-state index is -0.803. The third kappa shape index (κ3) is 49.8. The van der Waals surface area contributed by atoms with Gasteiger partial charge in [-0.1, -0.05) is 248 Å². The highest BCUT2D eigenvalue weighted by Crippen LogP contribution is 2.18. The van der Waals surface area contributed by atoms with Crippen molar-refractivity contribution in [3.8, 4) is 0 Å². The van der Waals surface area contributed by atoms with Crippen LogP contribution in [0.4, 0.5) is 0 Å². The molecule has 0 aromatic rings. The van der Waals surface area contributed by atoms with Gasteiger partial charge in [-0.3, -0.25) is 9.59 Å².